The first-order valence-corrected chi connectivity index (χ1v) is 13.6. The number of hydrogen-bond acceptors (Lipinski definition) is 5. The zero-order valence-corrected chi connectivity index (χ0v) is 21.6. The van der Waals surface area contributed by atoms with Crippen LogP contribution in [0, 0.1) is 17.6 Å². The van der Waals surface area contributed by atoms with Crippen molar-refractivity contribution in [3.05, 3.63) is 83.1 Å². The molecule has 0 spiro atoms. The van der Waals surface area contributed by atoms with Crippen LogP contribution in [0.3, 0.4) is 0 Å². The largest absolute Gasteiger partial charge is 0.381 e. The molecule has 6 nitrogen and oxygen atoms in total. The normalized spacial score (nSPS) is 22.7. The van der Waals surface area contributed by atoms with E-state index in [9.17, 15) is 0 Å². The highest BCUT2D eigenvalue weighted by Gasteiger charge is 2.27. The van der Waals surface area contributed by atoms with E-state index >= 15 is 8.78 Å². The zero-order chi connectivity index (χ0) is 26.2. The molecule has 3 atom stereocenters. The highest BCUT2D eigenvalue weighted by molar-refractivity contribution is 5.63. The Labute approximate surface area is 221 Å². The maximum absolute atomic E-state index is 15.3. The number of ether oxygens (including phenoxy) is 1. The molecule has 0 amide bonds. The van der Waals surface area contributed by atoms with Gasteiger partial charge in [0.1, 0.15) is 17.5 Å². The van der Waals surface area contributed by atoms with Crippen LogP contribution in [-0.2, 0) is 11.2 Å². The summed E-state index contributed by atoms with van der Waals surface area (Å²) in [7, 11) is 0. The minimum absolute atomic E-state index is 0.105. The standard InChI is InChI=1S/C30H33F2N5O/c1-18-10-21(12-23(33)11-18)25-4-7-34-16-22(25)15-29-35-17-24-2-3-28(36-37(24)29)30-26(31)13-20(14-27(30)32)19-5-8-38-9-6-19/h2-4,7,13-14,16-19,21,23H,5-6,8-12,15,33H2,1H3/t18-,21+,23-/m0/s1. The molecule has 0 unspecified atom stereocenters. The third kappa shape index (κ3) is 4.95. The van der Waals surface area contributed by atoms with Gasteiger partial charge < -0.3 is 10.5 Å². The molecule has 4 heterocycles. The average Bonchev–Trinajstić information content (AvgIpc) is 3.30. The summed E-state index contributed by atoms with van der Waals surface area (Å²) in [5.74, 6) is 0.550. The molecule has 2 fully saturated rings. The molecule has 3 aromatic heterocycles. The van der Waals surface area contributed by atoms with Gasteiger partial charge in [0, 0.05) is 38.1 Å². The monoisotopic (exact) mass is 517 g/mol. The second-order valence-corrected chi connectivity index (χ2v) is 11.0. The highest BCUT2D eigenvalue weighted by atomic mass is 19.1. The SMILES string of the molecule is C[C@@H]1C[C@H](N)C[C@H](c2ccncc2Cc2ncc3ccc(-c4c(F)cc(C5CCOCC5)cc4F)nn23)C1. The van der Waals surface area contributed by atoms with Crippen molar-refractivity contribution >= 4 is 5.52 Å². The van der Waals surface area contributed by atoms with Gasteiger partial charge in [0.2, 0.25) is 0 Å². The summed E-state index contributed by atoms with van der Waals surface area (Å²) in [6.45, 7) is 3.49. The summed E-state index contributed by atoms with van der Waals surface area (Å²) in [5, 5.41) is 4.65. The van der Waals surface area contributed by atoms with Crippen molar-refractivity contribution in [1.82, 2.24) is 19.6 Å². The summed E-state index contributed by atoms with van der Waals surface area (Å²) in [6.07, 6.45) is 10.6. The number of nitrogens with two attached hydrogens (primary N) is 1. The second-order valence-electron chi connectivity index (χ2n) is 11.0. The third-order valence-electron chi connectivity index (χ3n) is 8.18. The van der Waals surface area contributed by atoms with Crippen molar-refractivity contribution in [2.24, 2.45) is 11.7 Å². The average molecular weight is 518 g/mol. The van der Waals surface area contributed by atoms with Crippen LogP contribution in [0.4, 0.5) is 8.78 Å². The predicted molar refractivity (Wildman–Crippen MR) is 142 cm³/mol. The van der Waals surface area contributed by atoms with Crippen LogP contribution in [0.5, 0.6) is 0 Å². The Bertz CT molecular complexity index is 1410. The van der Waals surface area contributed by atoms with Crippen molar-refractivity contribution < 1.29 is 13.5 Å². The van der Waals surface area contributed by atoms with Crippen molar-refractivity contribution in [2.75, 3.05) is 13.2 Å². The molecule has 1 aliphatic carbocycles. The number of rotatable bonds is 5. The lowest BCUT2D eigenvalue weighted by molar-refractivity contribution is 0.0852. The molecular weight excluding hydrogens is 484 g/mol. The Morgan fingerprint density at radius 2 is 1.79 bits per heavy atom. The van der Waals surface area contributed by atoms with E-state index in [0.717, 1.165) is 43.2 Å². The molecule has 8 heteroatoms. The number of fused-ring (bicyclic) bond motifs is 1. The molecule has 6 rings (SSSR count). The fourth-order valence-corrected chi connectivity index (χ4v) is 6.36. The smallest absolute Gasteiger partial charge is 0.135 e. The molecular formula is C30H33F2N5O. The minimum Gasteiger partial charge on any atom is -0.381 e. The second kappa shape index (κ2) is 10.5. The molecule has 0 radical (unpaired) electrons. The van der Waals surface area contributed by atoms with Crippen LogP contribution >= 0.6 is 0 Å². The Kier molecular flexibility index (Phi) is 6.93. The summed E-state index contributed by atoms with van der Waals surface area (Å²) in [6, 6.07) is 8.64. The molecule has 2 aliphatic rings. The van der Waals surface area contributed by atoms with Gasteiger partial charge in [-0.2, -0.15) is 5.10 Å². The zero-order valence-electron chi connectivity index (χ0n) is 21.6. The minimum atomic E-state index is -0.600. The van der Waals surface area contributed by atoms with Crippen LogP contribution in [0.15, 0.2) is 48.9 Å². The Balaban J connectivity index is 1.32. The van der Waals surface area contributed by atoms with Gasteiger partial charge >= 0.3 is 0 Å². The fraction of sp³-hybridized carbons (Fsp3) is 0.433. The fourth-order valence-electron chi connectivity index (χ4n) is 6.36. The van der Waals surface area contributed by atoms with E-state index in [4.69, 9.17) is 10.5 Å². The van der Waals surface area contributed by atoms with Crippen LogP contribution < -0.4 is 5.73 Å². The molecule has 0 bridgehead atoms. The first-order chi connectivity index (χ1) is 18.5. The van der Waals surface area contributed by atoms with Gasteiger partial charge in [-0.15, -0.1) is 0 Å². The molecule has 1 aliphatic heterocycles. The van der Waals surface area contributed by atoms with Crippen LogP contribution in [0.2, 0.25) is 0 Å². The van der Waals surface area contributed by atoms with Crippen molar-refractivity contribution in [1.29, 1.82) is 0 Å². The lowest BCUT2D eigenvalue weighted by Crippen LogP contribution is -2.31. The number of benzene rings is 1. The van der Waals surface area contributed by atoms with E-state index in [-0.39, 0.29) is 23.2 Å². The number of nitrogens with zero attached hydrogens (tertiary/aromatic N) is 4. The Morgan fingerprint density at radius 1 is 1.00 bits per heavy atom. The molecule has 1 saturated carbocycles. The van der Waals surface area contributed by atoms with E-state index < -0.39 is 11.6 Å². The van der Waals surface area contributed by atoms with Gasteiger partial charge in [0.15, 0.2) is 0 Å². The third-order valence-corrected chi connectivity index (χ3v) is 8.18. The van der Waals surface area contributed by atoms with Crippen LogP contribution in [0.25, 0.3) is 16.8 Å². The Hall–Kier alpha value is -3.23. The van der Waals surface area contributed by atoms with Crippen molar-refractivity contribution in [3.8, 4) is 11.3 Å². The van der Waals surface area contributed by atoms with E-state index in [1.165, 1.54) is 17.7 Å². The number of aromatic nitrogens is 4. The van der Waals surface area contributed by atoms with E-state index in [2.05, 4.69) is 28.1 Å². The van der Waals surface area contributed by atoms with E-state index in [1.807, 2.05) is 12.4 Å². The summed E-state index contributed by atoms with van der Waals surface area (Å²) in [4.78, 5) is 8.99. The van der Waals surface area contributed by atoms with Gasteiger partial charge in [0.25, 0.3) is 0 Å². The topological polar surface area (TPSA) is 78.3 Å². The van der Waals surface area contributed by atoms with E-state index in [1.54, 1.807) is 22.8 Å². The summed E-state index contributed by atoms with van der Waals surface area (Å²) >= 11 is 0. The van der Waals surface area contributed by atoms with Gasteiger partial charge in [-0.05, 0) is 96.9 Å². The first kappa shape index (κ1) is 25.1. The van der Waals surface area contributed by atoms with Gasteiger partial charge in [-0.1, -0.05) is 6.92 Å². The maximum atomic E-state index is 15.3. The highest BCUT2D eigenvalue weighted by Crippen LogP contribution is 2.37. The van der Waals surface area contributed by atoms with Crippen molar-refractivity contribution in [3.63, 3.8) is 0 Å². The van der Waals surface area contributed by atoms with Gasteiger partial charge in [-0.25, -0.2) is 18.3 Å². The van der Waals surface area contributed by atoms with Gasteiger partial charge in [0.05, 0.1) is 23.0 Å². The molecule has 198 valence electrons. The number of imidazole rings is 1. The van der Waals surface area contributed by atoms with E-state index in [0.29, 0.717) is 42.9 Å². The van der Waals surface area contributed by atoms with Crippen molar-refractivity contribution in [2.45, 2.75) is 63.3 Å². The molecule has 1 saturated heterocycles. The molecule has 2 N–H and O–H groups in total. The lowest BCUT2D eigenvalue weighted by Gasteiger charge is -2.32. The molecule has 1 aromatic carbocycles. The first-order valence-electron chi connectivity index (χ1n) is 13.6. The Morgan fingerprint density at radius 3 is 2.55 bits per heavy atom. The number of pyridine rings is 1. The maximum Gasteiger partial charge on any atom is 0.135 e. The number of halogens is 2. The number of hydrogen-bond donors (Lipinski definition) is 1. The quantitative estimate of drug-likeness (QED) is 0.363. The summed E-state index contributed by atoms with van der Waals surface area (Å²) < 4.78 is 37.7. The molecule has 4 aromatic rings. The summed E-state index contributed by atoms with van der Waals surface area (Å²) in [5.41, 5.74) is 10.2. The van der Waals surface area contributed by atoms with Crippen LogP contribution in [-0.4, -0.2) is 38.8 Å². The lowest BCUT2D eigenvalue weighted by atomic mass is 9.75. The van der Waals surface area contributed by atoms with Gasteiger partial charge in [-0.3, -0.25) is 4.98 Å². The molecule has 38 heavy (non-hydrogen) atoms. The van der Waals surface area contributed by atoms with Crippen LogP contribution in [0.1, 0.15) is 73.4 Å². The predicted octanol–water partition coefficient (Wildman–Crippen LogP) is 5.79.